The molecular formula is C21H22N4O3S. The number of nitrogens with zero attached hydrogens (tertiary/aromatic N) is 3. The van der Waals surface area contributed by atoms with E-state index in [2.05, 4.69) is 20.1 Å². The molecule has 4 heterocycles. The molecule has 150 valence electrons. The lowest BCUT2D eigenvalue weighted by atomic mass is 10.1. The lowest BCUT2D eigenvalue weighted by Gasteiger charge is -2.25. The molecule has 1 saturated carbocycles. The molecule has 1 aliphatic carbocycles. The monoisotopic (exact) mass is 410 g/mol. The number of hydrogen-bond donors (Lipinski definition) is 1. The first-order valence-corrected chi connectivity index (χ1v) is 11.9. The number of anilines is 1. The summed E-state index contributed by atoms with van der Waals surface area (Å²) in [6.45, 7) is 0.751. The summed E-state index contributed by atoms with van der Waals surface area (Å²) in [6, 6.07) is 10.0. The Morgan fingerprint density at radius 3 is 2.90 bits per heavy atom. The van der Waals surface area contributed by atoms with Crippen molar-refractivity contribution in [3.8, 4) is 17.0 Å². The van der Waals surface area contributed by atoms with Crippen molar-refractivity contribution < 1.29 is 13.2 Å². The van der Waals surface area contributed by atoms with Gasteiger partial charge in [0, 0.05) is 29.7 Å². The number of aromatic amines is 1. The molecule has 2 saturated heterocycles. The molecule has 6 rings (SSSR count). The van der Waals surface area contributed by atoms with Crippen LogP contribution in [0, 0.1) is 5.92 Å². The summed E-state index contributed by atoms with van der Waals surface area (Å²) in [5.74, 6) is 2.43. The van der Waals surface area contributed by atoms with Gasteiger partial charge in [0.1, 0.15) is 17.3 Å². The summed E-state index contributed by atoms with van der Waals surface area (Å²) >= 11 is 0. The van der Waals surface area contributed by atoms with Crippen LogP contribution >= 0.6 is 0 Å². The van der Waals surface area contributed by atoms with Crippen molar-refractivity contribution in [2.24, 2.45) is 5.92 Å². The molecule has 0 radical (unpaired) electrons. The molecule has 29 heavy (non-hydrogen) atoms. The maximum atomic E-state index is 12.1. The van der Waals surface area contributed by atoms with E-state index < -0.39 is 9.84 Å². The average Bonchev–Trinajstić information content (AvgIpc) is 3.31. The van der Waals surface area contributed by atoms with Gasteiger partial charge >= 0.3 is 0 Å². The maximum absolute atomic E-state index is 12.1. The van der Waals surface area contributed by atoms with Crippen molar-refractivity contribution >= 4 is 26.6 Å². The van der Waals surface area contributed by atoms with Crippen molar-refractivity contribution in [2.75, 3.05) is 23.0 Å². The van der Waals surface area contributed by atoms with Gasteiger partial charge in [0.05, 0.1) is 23.1 Å². The highest BCUT2D eigenvalue weighted by Crippen LogP contribution is 2.37. The number of aromatic nitrogens is 3. The molecule has 2 unspecified atom stereocenters. The number of H-pyrrole nitrogens is 1. The van der Waals surface area contributed by atoms with Crippen LogP contribution < -0.4 is 9.64 Å². The van der Waals surface area contributed by atoms with E-state index >= 15 is 0 Å². The number of sulfone groups is 1. The third kappa shape index (κ3) is 3.15. The third-order valence-corrected chi connectivity index (χ3v) is 7.98. The molecular weight excluding hydrogens is 388 g/mol. The molecule has 1 N–H and O–H groups in total. The highest BCUT2D eigenvalue weighted by Gasteiger charge is 2.42. The van der Waals surface area contributed by atoms with E-state index in [9.17, 15) is 8.42 Å². The minimum atomic E-state index is -2.95. The molecule has 2 aromatic heterocycles. The van der Waals surface area contributed by atoms with E-state index in [0.717, 1.165) is 59.5 Å². The third-order valence-electron chi connectivity index (χ3n) is 6.11. The SMILES string of the molecule is O=S1(=O)CC2CC(C1)N(c1cc(-c3n[nH]c4ccc(OC5CC5)cc34)ccn1)C2. The standard InChI is InChI=1S/C21H22N4O3S/c26-29(27)11-13-7-15(12-29)25(10-13)20-8-14(5-6-22-20)21-18-9-17(28-16-1-2-16)3-4-19(18)23-24-21/h3-6,8-9,13,15-16H,1-2,7,10-12H2,(H,23,24). The van der Waals surface area contributed by atoms with E-state index in [1.54, 1.807) is 6.20 Å². The number of rotatable bonds is 4. The summed E-state index contributed by atoms with van der Waals surface area (Å²) in [4.78, 5) is 6.72. The Kier molecular flexibility index (Phi) is 3.69. The number of pyridine rings is 1. The zero-order valence-corrected chi connectivity index (χ0v) is 16.7. The topological polar surface area (TPSA) is 88.2 Å². The van der Waals surface area contributed by atoms with Crippen molar-refractivity contribution in [1.82, 2.24) is 15.2 Å². The van der Waals surface area contributed by atoms with Crippen LogP contribution in [0.2, 0.25) is 0 Å². The van der Waals surface area contributed by atoms with Crippen LogP contribution in [0.15, 0.2) is 36.5 Å². The Hall–Kier alpha value is -2.61. The summed E-state index contributed by atoms with van der Waals surface area (Å²) < 4.78 is 30.2. The van der Waals surface area contributed by atoms with E-state index in [4.69, 9.17) is 4.74 Å². The summed E-state index contributed by atoms with van der Waals surface area (Å²) in [5, 5.41) is 8.65. The van der Waals surface area contributed by atoms with Gasteiger partial charge in [-0.1, -0.05) is 0 Å². The van der Waals surface area contributed by atoms with Gasteiger partial charge in [-0.3, -0.25) is 5.10 Å². The Morgan fingerprint density at radius 2 is 2.03 bits per heavy atom. The lowest BCUT2D eigenvalue weighted by Crippen LogP contribution is -2.36. The van der Waals surface area contributed by atoms with Crippen LogP contribution in [-0.2, 0) is 9.84 Å². The van der Waals surface area contributed by atoms with Gasteiger partial charge in [0.25, 0.3) is 0 Å². The van der Waals surface area contributed by atoms with Crippen LogP contribution in [0.3, 0.4) is 0 Å². The smallest absolute Gasteiger partial charge is 0.152 e. The Morgan fingerprint density at radius 1 is 1.14 bits per heavy atom. The highest BCUT2D eigenvalue weighted by molar-refractivity contribution is 7.91. The largest absolute Gasteiger partial charge is 0.490 e. The van der Waals surface area contributed by atoms with Crippen molar-refractivity contribution in [3.63, 3.8) is 0 Å². The predicted molar refractivity (Wildman–Crippen MR) is 111 cm³/mol. The molecule has 2 bridgehead atoms. The highest BCUT2D eigenvalue weighted by atomic mass is 32.2. The summed E-state index contributed by atoms with van der Waals surface area (Å²) in [5.41, 5.74) is 2.79. The fourth-order valence-electron chi connectivity index (χ4n) is 4.68. The predicted octanol–water partition coefficient (Wildman–Crippen LogP) is 2.79. The summed E-state index contributed by atoms with van der Waals surface area (Å²) in [7, 11) is -2.95. The molecule has 3 aromatic rings. The quantitative estimate of drug-likeness (QED) is 0.712. The fourth-order valence-corrected chi connectivity index (χ4v) is 6.68. The first kappa shape index (κ1) is 17.3. The van der Waals surface area contributed by atoms with Gasteiger partial charge in [-0.2, -0.15) is 5.10 Å². The first-order chi connectivity index (χ1) is 14.0. The number of fused-ring (bicyclic) bond motifs is 3. The molecule has 3 aliphatic rings. The van der Waals surface area contributed by atoms with Gasteiger partial charge < -0.3 is 9.64 Å². The number of hydrogen-bond acceptors (Lipinski definition) is 6. The van der Waals surface area contributed by atoms with Crippen molar-refractivity contribution in [1.29, 1.82) is 0 Å². The van der Waals surface area contributed by atoms with Crippen LogP contribution in [0.4, 0.5) is 5.82 Å². The van der Waals surface area contributed by atoms with Gasteiger partial charge in [0.2, 0.25) is 0 Å². The normalized spacial score (nSPS) is 25.4. The van der Waals surface area contributed by atoms with E-state index in [-0.39, 0.29) is 17.7 Å². The molecule has 7 nitrogen and oxygen atoms in total. The molecule has 0 amide bonds. The van der Waals surface area contributed by atoms with E-state index in [0.29, 0.717) is 11.9 Å². The van der Waals surface area contributed by atoms with Gasteiger partial charge in [0.15, 0.2) is 9.84 Å². The lowest BCUT2D eigenvalue weighted by molar-refractivity contribution is 0.303. The Balaban J connectivity index is 1.35. The Bertz CT molecular complexity index is 1200. The van der Waals surface area contributed by atoms with Crippen LogP contribution in [0.5, 0.6) is 5.75 Å². The van der Waals surface area contributed by atoms with E-state index in [1.807, 2.05) is 30.3 Å². The average molecular weight is 410 g/mol. The zero-order valence-electron chi connectivity index (χ0n) is 15.9. The van der Waals surface area contributed by atoms with Crippen molar-refractivity contribution in [3.05, 3.63) is 36.5 Å². The van der Waals surface area contributed by atoms with Crippen LogP contribution in [-0.4, -0.2) is 53.8 Å². The maximum Gasteiger partial charge on any atom is 0.152 e. The summed E-state index contributed by atoms with van der Waals surface area (Å²) in [6.07, 6.45) is 5.31. The molecule has 3 fully saturated rings. The molecule has 2 atom stereocenters. The number of benzene rings is 1. The van der Waals surface area contributed by atoms with Gasteiger partial charge in [-0.15, -0.1) is 0 Å². The first-order valence-electron chi connectivity index (χ1n) is 10.1. The number of ether oxygens (including phenoxy) is 1. The minimum absolute atomic E-state index is 0.0240. The van der Waals surface area contributed by atoms with Crippen LogP contribution in [0.25, 0.3) is 22.2 Å². The minimum Gasteiger partial charge on any atom is -0.490 e. The van der Waals surface area contributed by atoms with Gasteiger partial charge in [-0.05, 0) is 55.5 Å². The van der Waals surface area contributed by atoms with Crippen molar-refractivity contribution in [2.45, 2.75) is 31.4 Å². The number of nitrogens with one attached hydrogen (secondary N) is 1. The molecule has 1 aromatic carbocycles. The van der Waals surface area contributed by atoms with Gasteiger partial charge in [-0.25, -0.2) is 13.4 Å². The second kappa shape index (κ2) is 6.19. The molecule has 2 aliphatic heterocycles. The Labute approximate surface area is 169 Å². The second-order valence-corrected chi connectivity index (χ2v) is 10.6. The van der Waals surface area contributed by atoms with Crippen LogP contribution in [0.1, 0.15) is 19.3 Å². The molecule has 8 heteroatoms. The molecule has 0 spiro atoms. The second-order valence-electron chi connectivity index (χ2n) is 8.48. The zero-order chi connectivity index (χ0) is 19.6. The van der Waals surface area contributed by atoms with E-state index in [1.165, 1.54) is 0 Å². The fraction of sp³-hybridized carbons (Fsp3) is 0.429.